The number of ketones is 1. The molecule has 244 valence electrons. The number of Topliss-reactive ketones (excluding diaryl/α,β-unsaturated/α-hetero) is 1. The zero-order valence-corrected chi connectivity index (χ0v) is 25.7. The maximum Gasteiger partial charge on any atom is 0.338 e. The van der Waals surface area contributed by atoms with Crippen LogP contribution in [0.25, 0.3) is 0 Å². The number of aliphatic hydroxyl groups excluding tert-OH is 3. The molecule has 0 amide bonds. The van der Waals surface area contributed by atoms with Gasteiger partial charge in [0.2, 0.25) is 0 Å². The fourth-order valence-electron chi connectivity index (χ4n) is 6.53. The fraction of sp³-hybridized carbons (Fsp3) is 0.316. The number of carbonyl (C=O) groups excluding carboxylic acids is 2. The van der Waals surface area contributed by atoms with Crippen LogP contribution >= 0.6 is 0 Å². The number of hydrogen-bond donors (Lipinski definition) is 3. The summed E-state index contributed by atoms with van der Waals surface area (Å²) in [6.45, 7) is 0.287. The normalized spacial score (nSPS) is 28.7. The largest absolute Gasteiger partial charge is 0.453 e. The second kappa shape index (κ2) is 15.1. The van der Waals surface area contributed by atoms with Crippen molar-refractivity contribution >= 4 is 11.8 Å². The van der Waals surface area contributed by atoms with Crippen molar-refractivity contribution in [1.29, 1.82) is 0 Å². The predicted octanol–water partition coefficient (Wildman–Crippen LogP) is 3.88. The van der Waals surface area contributed by atoms with Gasteiger partial charge in [0.15, 0.2) is 11.9 Å². The Morgan fingerprint density at radius 2 is 0.979 bits per heavy atom. The van der Waals surface area contributed by atoms with E-state index in [2.05, 4.69) is 0 Å². The molecule has 0 aromatic heterocycles. The molecular formula is C38H38O9. The molecule has 2 saturated carbocycles. The predicted molar refractivity (Wildman–Crippen MR) is 171 cm³/mol. The zero-order chi connectivity index (χ0) is 32.8. The maximum atomic E-state index is 14.4. The van der Waals surface area contributed by atoms with Gasteiger partial charge >= 0.3 is 5.97 Å². The summed E-state index contributed by atoms with van der Waals surface area (Å²) < 4.78 is 24.8. The molecule has 3 N–H and O–H groups in total. The Hall–Kier alpha value is -4.22. The van der Waals surface area contributed by atoms with Gasteiger partial charge in [0.05, 0.1) is 43.5 Å². The Balaban J connectivity index is 1.35. The van der Waals surface area contributed by atoms with Crippen LogP contribution in [0.5, 0.6) is 0 Å². The van der Waals surface area contributed by atoms with Gasteiger partial charge in [0.1, 0.15) is 24.4 Å². The highest BCUT2D eigenvalue weighted by Gasteiger charge is 2.63. The highest BCUT2D eigenvalue weighted by atomic mass is 16.6. The Morgan fingerprint density at radius 3 is 1.49 bits per heavy atom. The molecule has 0 spiro atoms. The molecule has 47 heavy (non-hydrogen) atoms. The molecule has 9 nitrogen and oxygen atoms in total. The highest BCUT2D eigenvalue weighted by molar-refractivity contribution is 5.90. The lowest BCUT2D eigenvalue weighted by atomic mass is 9.62. The first-order valence-electron chi connectivity index (χ1n) is 15.7. The van der Waals surface area contributed by atoms with E-state index in [1.165, 1.54) is 12.1 Å². The Morgan fingerprint density at radius 1 is 0.532 bits per heavy atom. The number of rotatable bonds is 11. The molecule has 0 heterocycles. The smallest absolute Gasteiger partial charge is 0.338 e. The van der Waals surface area contributed by atoms with E-state index in [4.69, 9.17) is 18.9 Å². The van der Waals surface area contributed by atoms with Gasteiger partial charge in [0.25, 0.3) is 0 Å². The minimum atomic E-state index is -1.72. The molecule has 4 aromatic carbocycles. The minimum Gasteiger partial charge on any atom is -0.453 e. The van der Waals surface area contributed by atoms with E-state index >= 15 is 0 Å². The first kappa shape index (κ1) is 32.7. The lowest BCUT2D eigenvalue weighted by Gasteiger charge is -2.53. The lowest BCUT2D eigenvalue weighted by Crippen LogP contribution is -2.71. The second-order valence-corrected chi connectivity index (χ2v) is 12.0. The van der Waals surface area contributed by atoms with Crippen LogP contribution in [0.4, 0.5) is 0 Å². The van der Waals surface area contributed by atoms with Gasteiger partial charge in [-0.25, -0.2) is 4.79 Å². The second-order valence-electron chi connectivity index (χ2n) is 12.0. The Labute approximate surface area is 273 Å². The third-order valence-corrected chi connectivity index (χ3v) is 8.91. The van der Waals surface area contributed by atoms with Crippen molar-refractivity contribution in [2.24, 2.45) is 11.8 Å². The number of esters is 1. The number of carbonyl (C=O) groups is 2. The Kier molecular flexibility index (Phi) is 10.5. The van der Waals surface area contributed by atoms with Gasteiger partial charge in [0, 0.05) is 5.92 Å². The van der Waals surface area contributed by atoms with E-state index in [-0.39, 0.29) is 25.4 Å². The average Bonchev–Trinajstić information content (AvgIpc) is 3.12. The topological polar surface area (TPSA) is 132 Å². The standard InChI is InChI=1S/C38H38O9/c39-30-29-28(31(40)35(33(30)42)47-38(43)27-19-11-4-12-20-27)32(41)36(45-22-25-15-7-2-8-16-25)37(46-23-26-17-9-3-10-18-26)34(29)44-21-24-13-5-1-6-14-24/h1-20,28-31,33-37,39-40,42H,21-23H2/t28-,29-,30+,31+,33+,34-,35+,36+,37+/m1/s1. The van der Waals surface area contributed by atoms with Gasteiger partial charge < -0.3 is 34.3 Å². The van der Waals surface area contributed by atoms with E-state index in [9.17, 15) is 24.9 Å². The van der Waals surface area contributed by atoms with Crippen molar-refractivity contribution in [3.05, 3.63) is 144 Å². The maximum absolute atomic E-state index is 14.4. The van der Waals surface area contributed by atoms with Crippen molar-refractivity contribution in [3.8, 4) is 0 Å². The third kappa shape index (κ3) is 7.36. The van der Waals surface area contributed by atoms with E-state index in [1.807, 2.05) is 91.0 Å². The average molecular weight is 639 g/mol. The van der Waals surface area contributed by atoms with Crippen LogP contribution in [0.2, 0.25) is 0 Å². The summed E-state index contributed by atoms with van der Waals surface area (Å²) in [5.74, 6) is -3.76. The summed E-state index contributed by atoms with van der Waals surface area (Å²) in [4.78, 5) is 27.4. The zero-order valence-electron chi connectivity index (χ0n) is 25.7. The van der Waals surface area contributed by atoms with Crippen molar-refractivity contribution in [3.63, 3.8) is 0 Å². The molecular weight excluding hydrogens is 600 g/mol. The van der Waals surface area contributed by atoms with Crippen LogP contribution in [0.1, 0.15) is 27.0 Å². The van der Waals surface area contributed by atoms with Crippen LogP contribution < -0.4 is 0 Å². The molecule has 0 saturated heterocycles. The minimum absolute atomic E-state index is 0.0684. The highest BCUT2D eigenvalue weighted by Crippen LogP contribution is 2.44. The molecule has 2 aliphatic carbocycles. The van der Waals surface area contributed by atoms with E-state index in [0.29, 0.717) is 0 Å². The van der Waals surface area contributed by atoms with Crippen LogP contribution in [0.15, 0.2) is 121 Å². The van der Waals surface area contributed by atoms with Gasteiger partial charge in [-0.1, -0.05) is 109 Å². The lowest BCUT2D eigenvalue weighted by molar-refractivity contribution is -0.254. The van der Waals surface area contributed by atoms with Gasteiger partial charge in [-0.3, -0.25) is 4.79 Å². The molecule has 0 aliphatic heterocycles. The van der Waals surface area contributed by atoms with Gasteiger partial charge in [-0.15, -0.1) is 0 Å². The van der Waals surface area contributed by atoms with Crippen LogP contribution in [0, 0.1) is 11.8 Å². The molecule has 0 unspecified atom stereocenters. The van der Waals surface area contributed by atoms with Crippen LogP contribution in [-0.4, -0.2) is 69.8 Å². The van der Waals surface area contributed by atoms with Gasteiger partial charge in [-0.05, 0) is 28.8 Å². The SMILES string of the molecule is O=C(O[C@H]1[C@@H](O)[C@@H]2C(=O)[C@H](OCc3ccccc3)[C@@H](OCc3ccccc3)[C@H](OCc3ccccc3)[C@H]2[C@H](O)[C@@H]1O)c1ccccc1. The summed E-state index contributed by atoms with van der Waals surface area (Å²) in [6.07, 6.45) is -9.83. The quantitative estimate of drug-likeness (QED) is 0.210. The number of hydrogen-bond acceptors (Lipinski definition) is 9. The third-order valence-electron chi connectivity index (χ3n) is 8.91. The summed E-state index contributed by atoms with van der Waals surface area (Å²) in [7, 11) is 0. The van der Waals surface area contributed by atoms with Crippen molar-refractivity contribution in [2.45, 2.75) is 62.5 Å². The molecule has 9 heteroatoms. The number of fused-ring (bicyclic) bond motifs is 1. The first-order chi connectivity index (χ1) is 22.9. The summed E-state index contributed by atoms with van der Waals surface area (Å²) >= 11 is 0. The molecule has 6 rings (SSSR count). The summed E-state index contributed by atoms with van der Waals surface area (Å²) in [5, 5.41) is 34.7. The molecule has 0 radical (unpaired) electrons. The Bertz CT molecular complexity index is 1590. The number of ether oxygens (including phenoxy) is 4. The molecule has 9 atom stereocenters. The van der Waals surface area contributed by atoms with Crippen LogP contribution in [0.3, 0.4) is 0 Å². The van der Waals surface area contributed by atoms with Crippen molar-refractivity contribution in [2.75, 3.05) is 0 Å². The molecule has 4 aromatic rings. The first-order valence-corrected chi connectivity index (χ1v) is 15.7. The van der Waals surface area contributed by atoms with E-state index < -0.39 is 66.3 Å². The van der Waals surface area contributed by atoms with E-state index in [1.54, 1.807) is 18.2 Å². The molecule has 2 fully saturated rings. The molecule has 2 aliphatic rings. The summed E-state index contributed by atoms with van der Waals surface area (Å²) in [5.41, 5.74) is 2.70. The van der Waals surface area contributed by atoms with Gasteiger partial charge in [-0.2, -0.15) is 0 Å². The van der Waals surface area contributed by atoms with Crippen molar-refractivity contribution in [1.82, 2.24) is 0 Å². The number of benzene rings is 4. The van der Waals surface area contributed by atoms with Crippen LogP contribution in [-0.2, 0) is 43.6 Å². The van der Waals surface area contributed by atoms with E-state index in [0.717, 1.165) is 16.7 Å². The molecule has 0 bridgehead atoms. The monoisotopic (exact) mass is 638 g/mol. The number of aliphatic hydroxyl groups is 3. The summed E-state index contributed by atoms with van der Waals surface area (Å²) in [6, 6.07) is 36.3. The fourth-order valence-corrected chi connectivity index (χ4v) is 6.53. The van der Waals surface area contributed by atoms with Crippen molar-refractivity contribution < 1.29 is 43.9 Å².